The fourth-order valence-corrected chi connectivity index (χ4v) is 2.60. The molecule has 1 aliphatic heterocycles. The lowest BCUT2D eigenvalue weighted by atomic mass is 9.94. The van der Waals surface area contributed by atoms with E-state index in [1.807, 2.05) is 0 Å². The van der Waals surface area contributed by atoms with Crippen LogP contribution < -0.4 is 0 Å². The van der Waals surface area contributed by atoms with E-state index in [2.05, 4.69) is 26.0 Å². The van der Waals surface area contributed by atoms with Gasteiger partial charge in [0, 0.05) is 0 Å². The summed E-state index contributed by atoms with van der Waals surface area (Å²) < 4.78 is 26.4. The zero-order valence-corrected chi connectivity index (χ0v) is 12.2. The number of benzene rings is 1. The van der Waals surface area contributed by atoms with Crippen LogP contribution in [0.5, 0.6) is 0 Å². The third-order valence-electron chi connectivity index (χ3n) is 3.24. The summed E-state index contributed by atoms with van der Waals surface area (Å²) in [5, 5.41) is 4.68. The maximum absolute atomic E-state index is 13.1. The lowest BCUT2D eigenvalue weighted by Gasteiger charge is -2.27. The molecule has 0 saturated carbocycles. The van der Waals surface area contributed by atoms with Crippen LogP contribution in [0.3, 0.4) is 0 Å². The minimum Gasteiger partial charge on any atom is -0.348 e. The van der Waals surface area contributed by atoms with Gasteiger partial charge >= 0.3 is 0 Å². The predicted octanol–water partition coefficient (Wildman–Crippen LogP) is 2.08. The molecule has 0 radical (unpaired) electrons. The molecule has 1 saturated heterocycles. The third kappa shape index (κ3) is 2.61. The number of ether oxygens (including phenoxy) is 2. The van der Waals surface area contributed by atoms with Crippen molar-refractivity contribution in [3.8, 4) is 0 Å². The summed E-state index contributed by atoms with van der Waals surface area (Å²) in [5.41, 5.74) is 0.178. The van der Waals surface area contributed by atoms with Crippen LogP contribution in [-0.2, 0) is 21.6 Å². The van der Waals surface area contributed by atoms with Crippen molar-refractivity contribution in [1.82, 2.24) is 14.8 Å². The molecule has 0 bridgehead atoms. The number of halogens is 2. The number of nitrogens with zero attached hydrogens (tertiary/aromatic N) is 3. The molecule has 0 spiro atoms. The van der Waals surface area contributed by atoms with E-state index in [1.165, 1.54) is 18.5 Å². The van der Waals surface area contributed by atoms with Crippen molar-refractivity contribution in [1.29, 1.82) is 0 Å². The average molecular weight is 342 g/mol. The zero-order valence-electron chi connectivity index (χ0n) is 10.6. The van der Waals surface area contributed by atoms with E-state index in [-0.39, 0.29) is 12.1 Å². The van der Waals surface area contributed by atoms with Gasteiger partial charge in [-0.3, -0.25) is 0 Å². The van der Waals surface area contributed by atoms with Crippen molar-refractivity contribution in [2.75, 3.05) is 11.9 Å². The number of alkyl halides is 1. The van der Waals surface area contributed by atoms with Gasteiger partial charge < -0.3 is 9.47 Å². The van der Waals surface area contributed by atoms with Crippen LogP contribution in [0.2, 0.25) is 0 Å². The Morgan fingerprint density at radius 1 is 1.40 bits per heavy atom. The molecule has 1 fully saturated rings. The Kier molecular flexibility index (Phi) is 3.82. The van der Waals surface area contributed by atoms with Gasteiger partial charge in [0.05, 0.1) is 18.5 Å². The van der Waals surface area contributed by atoms with E-state index in [1.54, 1.807) is 23.1 Å². The maximum Gasteiger partial charge on any atom is 0.168 e. The fraction of sp³-hybridized carbons (Fsp3) is 0.385. The monoisotopic (exact) mass is 341 g/mol. The topological polar surface area (TPSA) is 49.2 Å². The van der Waals surface area contributed by atoms with Crippen LogP contribution in [0.15, 0.2) is 36.9 Å². The Morgan fingerprint density at radius 3 is 2.80 bits per heavy atom. The summed E-state index contributed by atoms with van der Waals surface area (Å²) in [4.78, 5) is 3.93. The van der Waals surface area contributed by atoms with Crippen LogP contribution in [0.25, 0.3) is 0 Å². The van der Waals surface area contributed by atoms with Crippen molar-refractivity contribution in [2.45, 2.75) is 18.4 Å². The molecule has 106 valence electrons. The second-order valence-corrected chi connectivity index (χ2v) is 5.25. The first-order chi connectivity index (χ1) is 9.72. The molecule has 2 aromatic rings. The molecule has 5 nitrogen and oxygen atoms in total. The zero-order chi connectivity index (χ0) is 14.0. The molecule has 0 unspecified atom stereocenters. The van der Waals surface area contributed by atoms with Gasteiger partial charge in [0.2, 0.25) is 0 Å². The highest BCUT2D eigenvalue weighted by Gasteiger charge is 2.43. The molecule has 7 heteroatoms. The van der Waals surface area contributed by atoms with Gasteiger partial charge in [-0.2, -0.15) is 5.10 Å². The van der Waals surface area contributed by atoms with Gasteiger partial charge in [-0.15, -0.1) is 0 Å². The van der Waals surface area contributed by atoms with Gasteiger partial charge in [-0.1, -0.05) is 28.1 Å². The second-order valence-electron chi connectivity index (χ2n) is 4.61. The third-order valence-corrected chi connectivity index (χ3v) is 3.77. The number of rotatable bonds is 4. The van der Waals surface area contributed by atoms with Crippen LogP contribution in [0.4, 0.5) is 4.39 Å². The van der Waals surface area contributed by atoms with Gasteiger partial charge in [-0.05, 0) is 17.7 Å². The van der Waals surface area contributed by atoms with Crippen LogP contribution in [0.1, 0.15) is 5.56 Å². The van der Waals surface area contributed by atoms with Crippen molar-refractivity contribution in [3.63, 3.8) is 0 Å². The minimum atomic E-state index is -0.681. The van der Waals surface area contributed by atoms with E-state index in [9.17, 15) is 4.39 Å². The predicted molar refractivity (Wildman–Crippen MR) is 72.7 cm³/mol. The van der Waals surface area contributed by atoms with Crippen molar-refractivity contribution < 1.29 is 13.9 Å². The SMILES string of the molecule is Fc1ccc([C@@]2(Cn3cncn3)CO[C@H](CBr)O2)cc1. The molecule has 20 heavy (non-hydrogen) atoms. The summed E-state index contributed by atoms with van der Waals surface area (Å²) in [6, 6.07) is 6.27. The lowest BCUT2D eigenvalue weighted by Crippen LogP contribution is -2.35. The molecule has 0 N–H and O–H groups in total. The summed E-state index contributed by atoms with van der Waals surface area (Å²) in [6.07, 6.45) is 2.76. The molecule has 2 heterocycles. The molecular weight excluding hydrogens is 329 g/mol. The Balaban J connectivity index is 1.93. The largest absolute Gasteiger partial charge is 0.348 e. The second kappa shape index (κ2) is 5.59. The normalized spacial score (nSPS) is 26.0. The Labute approximate surface area is 123 Å². The van der Waals surface area contributed by atoms with Crippen molar-refractivity contribution in [3.05, 3.63) is 48.3 Å². The molecule has 1 aromatic heterocycles. The first-order valence-electron chi connectivity index (χ1n) is 6.16. The van der Waals surface area contributed by atoms with Crippen molar-refractivity contribution >= 4 is 15.9 Å². The highest BCUT2D eigenvalue weighted by molar-refractivity contribution is 9.09. The summed E-state index contributed by atoms with van der Waals surface area (Å²) in [5.74, 6) is -0.277. The Hall–Kier alpha value is -1.31. The number of hydrogen-bond acceptors (Lipinski definition) is 4. The van der Waals surface area contributed by atoms with E-state index >= 15 is 0 Å². The quantitative estimate of drug-likeness (QED) is 0.799. The Bertz CT molecular complexity index is 564. The first-order valence-corrected chi connectivity index (χ1v) is 7.28. The smallest absolute Gasteiger partial charge is 0.168 e. The standard InChI is InChI=1S/C13H13BrFN3O2/c14-5-12-19-7-13(20-12,6-18-9-16-8-17-18)10-1-3-11(15)4-2-10/h1-4,8-9,12H,5-7H2/t12-,13+/m0/s1. The maximum atomic E-state index is 13.1. The van der Waals surface area contributed by atoms with Crippen LogP contribution in [-0.4, -0.2) is 33.0 Å². The van der Waals surface area contributed by atoms with Crippen molar-refractivity contribution in [2.24, 2.45) is 0 Å². The number of hydrogen-bond donors (Lipinski definition) is 0. The van der Waals surface area contributed by atoms with Gasteiger partial charge in [-0.25, -0.2) is 14.1 Å². The molecule has 1 aliphatic rings. The van der Waals surface area contributed by atoms with E-state index in [0.717, 1.165) is 5.56 Å². The molecule has 1 aromatic carbocycles. The first kappa shape index (κ1) is 13.7. The van der Waals surface area contributed by atoms with Gasteiger partial charge in [0.25, 0.3) is 0 Å². The van der Waals surface area contributed by atoms with Gasteiger partial charge in [0.1, 0.15) is 24.1 Å². The summed E-state index contributed by atoms with van der Waals surface area (Å²) in [6.45, 7) is 0.844. The molecular formula is C13H13BrFN3O2. The van der Waals surface area contributed by atoms with E-state index in [4.69, 9.17) is 9.47 Å². The highest BCUT2D eigenvalue weighted by Crippen LogP contribution is 2.35. The fourth-order valence-electron chi connectivity index (χ4n) is 2.28. The highest BCUT2D eigenvalue weighted by atomic mass is 79.9. The average Bonchev–Trinajstić information content (AvgIpc) is 3.10. The molecule has 0 amide bonds. The van der Waals surface area contributed by atoms with E-state index < -0.39 is 5.60 Å². The molecule has 3 rings (SSSR count). The van der Waals surface area contributed by atoms with Gasteiger partial charge in [0.15, 0.2) is 6.29 Å². The Morgan fingerprint density at radius 2 is 2.20 bits per heavy atom. The lowest BCUT2D eigenvalue weighted by molar-refractivity contribution is -0.0830. The van der Waals surface area contributed by atoms with Crippen LogP contribution >= 0.6 is 15.9 Å². The van der Waals surface area contributed by atoms with E-state index in [0.29, 0.717) is 18.5 Å². The van der Waals surface area contributed by atoms with Crippen LogP contribution in [0, 0.1) is 5.82 Å². The summed E-state index contributed by atoms with van der Waals surface area (Å²) >= 11 is 3.35. The molecule has 0 aliphatic carbocycles. The minimum absolute atomic E-state index is 0.277. The number of aromatic nitrogens is 3. The summed E-state index contributed by atoms with van der Waals surface area (Å²) in [7, 11) is 0. The molecule has 2 atom stereocenters.